The maximum absolute atomic E-state index is 14.1. The number of rotatable bonds is 6. The Kier molecular flexibility index (Phi) is 8.24. The Hall–Kier alpha value is -4.33. The van der Waals surface area contributed by atoms with Gasteiger partial charge in [-0.1, -0.05) is 48.5 Å². The number of carbonyl (C=O) groups excluding carboxylic acids is 3. The van der Waals surface area contributed by atoms with Gasteiger partial charge in [-0.05, 0) is 69.0 Å². The van der Waals surface area contributed by atoms with Gasteiger partial charge >= 0.3 is 6.03 Å². The largest absolute Gasteiger partial charge is 0.497 e. The van der Waals surface area contributed by atoms with Crippen LogP contribution in [0.25, 0.3) is 0 Å². The number of amides is 4. The van der Waals surface area contributed by atoms with Crippen molar-refractivity contribution < 1.29 is 19.1 Å². The number of methoxy groups -OCH3 is 1. The van der Waals surface area contributed by atoms with Gasteiger partial charge in [0.1, 0.15) is 18.3 Å². The first kappa shape index (κ1) is 27.7. The molecule has 3 aromatic carbocycles. The van der Waals surface area contributed by atoms with Crippen molar-refractivity contribution in [1.82, 2.24) is 10.6 Å². The molecule has 0 aliphatic carbocycles. The zero-order valence-electron chi connectivity index (χ0n) is 23.1. The van der Waals surface area contributed by atoms with Crippen molar-refractivity contribution in [3.8, 4) is 5.75 Å². The van der Waals surface area contributed by atoms with Crippen LogP contribution < -0.4 is 25.6 Å². The number of aryl methyl sites for hydroxylation is 1. The molecule has 204 valence electrons. The van der Waals surface area contributed by atoms with Gasteiger partial charge in [0.25, 0.3) is 0 Å². The highest BCUT2D eigenvalue weighted by Crippen LogP contribution is 2.41. The van der Waals surface area contributed by atoms with E-state index in [2.05, 4.69) is 16.0 Å². The van der Waals surface area contributed by atoms with Gasteiger partial charge in [-0.25, -0.2) is 4.79 Å². The Bertz CT molecular complexity index is 1350. The summed E-state index contributed by atoms with van der Waals surface area (Å²) in [6, 6.07) is 21.5. The minimum absolute atomic E-state index is 0.199. The second-order valence-electron chi connectivity index (χ2n) is 10.9. The third-order valence-electron chi connectivity index (χ3n) is 6.54. The van der Waals surface area contributed by atoms with Gasteiger partial charge < -0.3 is 25.6 Å². The molecule has 3 N–H and O–H groups in total. The van der Waals surface area contributed by atoms with E-state index in [1.807, 2.05) is 88.4 Å². The fraction of sp³-hybridized carbons (Fsp3) is 0.323. The van der Waals surface area contributed by atoms with Gasteiger partial charge in [-0.15, -0.1) is 0 Å². The minimum atomic E-state index is -0.888. The Labute approximate surface area is 229 Å². The Morgan fingerprint density at radius 2 is 1.74 bits per heavy atom. The first-order valence-electron chi connectivity index (χ1n) is 13.0. The van der Waals surface area contributed by atoms with E-state index < -0.39 is 17.6 Å². The van der Waals surface area contributed by atoms with Crippen molar-refractivity contribution in [3.63, 3.8) is 0 Å². The molecular formula is C31H36N4O4. The topological polar surface area (TPSA) is 99.8 Å². The number of urea groups is 1. The molecule has 1 aliphatic rings. The van der Waals surface area contributed by atoms with Crippen LogP contribution in [0.2, 0.25) is 0 Å². The predicted molar refractivity (Wildman–Crippen MR) is 153 cm³/mol. The first-order valence-corrected chi connectivity index (χ1v) is 13.0. The van der Waals surface area contributed by atoms with Crippen LogP contribution in [0.3, 0.4) is 0 Å². The SMILES string of the molecule is COc1ccc2c(c1)N(CC(=O)NC(C)(C)C)C(=O)C(NC(=O)Nc1cccc(C)c1)CC2c1ccccc1. The molecule has 39 heavy (non-hydrogen) atoms. The number of hydrogen-bond acceptors (Lipinski definition) is 4. The average Bonchev–Trinajstić information content (AvgIpc) is 2.98. The van der Waals surface area contributed by atoms with Crippen molar-refractivity contribution in [3.05, 3.63) is 89.5 Å². The van der Waals surface area contributed by atoms with Crippen LogP contribution in [0.5, 0.6) is 5.75 Å². The van der Waals surface area contributed by atoms with Gasteiger partial charge in [0.2, 0.25) is 11.8 Å². The summed E-state index contributed by atoms with van der Waals surface area (Å²) in [7, 11) is 1.56. The molecule has 0 saturated carbocycles. The molecule has 0 radical (unpaired) electrons. The van der Waals surface area contributed by atoms with Crippen LogP contribution in [0, 0.1) is 6.92 Å². The summed E-state index contributed by atoms with van der Waals surface area (Å²) in [4.78, 5) is 41.7. The molecule has 2 atom stereocenters. The van der Waals surface area contributed by atoms with Gasteiger partial charge in [0.15, 0.2) is 0 Å². The standard InChI is InChI=1S/C31H36N4O4/c1-20-10-9-13-22(16-20)32-30(38)33-26-18-25(21-11-7-6-8-12-21)24-15-14-23(39-5)17-27(24)35(29(26)37)19-28(36)34-31(2,3)4/h6-17,25-26H,18-19H2,1-5H3,(H,34,36)(H2,32,33,38). The van der Waals surface area contributed by atoms with Crippen LogP contribution in [-0.2, 0) is 9.59 Å². The Balaban J connectivity index is 1.74. The number of hydrogen-bond donors (Lipinski definition) is 3. The van der Waals surface area contributed by atoms with Gasteiger partial charge in [0.05, 0.1) is 12.8 Å². The fourth-order valence-electron chi connectivity index (χ4n) is 4.88. The molecule has 4 amide bonds. The Morgan fingerprint density at radius 3 is 2.41 bits per heavy atom. The smallest absolute Gasteiger partial charge is 0.319 e. The van der Waals surface area contributed by atoms with Crippen molar-refractivity contribution >= 4 is 29.2 Å². The molecule has 0 saturated heterocycles. The van der Waals surface area contributed by atoms with Gasteiger partial charge in [0, 0.05) is 23.2 Å². The highest BCUT2D eigenvalue weighted by Gasteiger charge is 2.38. The summed E-state index contributed by atoms with van der Waals surface area (Å²) in [5, 5.41) is 8.66. The van der Waals surface area contributed by atoms with Crippen LogP contribution in [0.4, 0.5) is 16.2 Å². The second-order valence-corrected chi connectivity index (χ2v) is 10.9. The maximum atomic E-state index is 14.1. The number of nitrogens with zero attached hydrogens (tertiary/aromatic N) is 1. The predicted octanol–water partition coefficient (Wildman–Crippen LogP) is 4.98. The summed E-state index contributed by atoms with van der Waals surface area (Å²) >= 11 is 0. The van der Waals surface area contributed by atoms with Crippen molar-refractivity contribution in [2.24, 2.45) is 0 Å². The summed E-state index contributed by atoms with van der Waals surface area (Å²) in [5.41, 5.74) is 3.62. The van der Waals surface area contributed by atoms with Crippen LogP contribution >= 0.6 is 0 Å². The van der Waals surface area contributed by atoms with Crippen LogP contribution in [0.15, 0.2) is 72.8 Å². The van der Waals surface area contributed by atoms with Gasteiger partial charge in [-0.2, -0.15) is 0 Å². The minimum Gasteiger partial charge on any atom is -0.497 e. The third-order valence-corrected chi connectivity index (χ3v) is 6.54. The van der Waals surface area contributed by atoms with E-state index in [4.69, 9.17) is 4.74 Å². The quantitative estimate of drug-likeness (QED) is 0.420. The number of benzene rings is 3. The molecule has 3 aromatic rings. The van der Waals surface area contributed by atoms with E-state index in [-0.39, 0.29) is 24.3 Å². The van der Waals surface area contributed by atoms with E-state index in [1.54, 1.807) is 19.2 Å². The lowest BCUT2D eigenvalue weighted by Gasteiger charge is -2.28. The molecule has 1 heterocycles. The third kappa shape index (κ3) is 6.96. The zero-order chi connectivity index (χ0) is 28.2. The molecular weight excluding hydrogens is 492 g/mol. The highest BCUT2D eigenvalue weighted by molar-refractivity contribution is 6.05. The lowest BCUT2D eigenvalue weighted by Crippen LogP contribution is -2.53. The summed E-state index contributed by atoms with van der Waals surface area (Å²) in [5.74, 6) is -0.314. The number of fused-ring (bicyclic) bond motifs is 1. The lowest BCUT2D eigenvalue weighted by atomic mass is 9.86. The van der Waals surface area contributed by atoms with Crippen LogP contribution in [-0.4, -0.2) is 43.1 Å². The maximum Gasteiger partial charge on any atom is 0.319 e. The van der Waals surface area contributed by atoms with E-state index >= 15 is 0 Å². The van der Waals surface area contributed by atoms with E-state index in [9.17, 15) is 14.4 Å². The van der Waals surface area contributed by atoms with E-state index in [0.717, 1.165) is 16.7 Å². The molecule has 0 aromatic heterocycles. The second kappa shape index (κ2) is 11.6. The number of anilines is 2. The molecule has 0 bridgehead atoms. The monoisotopic (exact) mass is 528 g/mol. The van der Waals surface area contributed by atoms with Crippen molar-refractivity contribution in [1.29, 1.82) is 0 Å². The number of nitrogens with one attached hydrogen (secondary N) is 3. The summed E-state index contributed by atoms with van der Waals surface area (Å²) in [6.07, 6.45) is 0.320. The Morgan fingerprint density at radius 1 is 1.00 bits per heavy atom. The normalized spacial score (nSPS) is 17.1. The average molecular weight is 529 g/mol. The molecule has 4 rings (SSSR count). The molecule has 8 nitrogen and oxygen atoms in total. The van der Waals surface area contributed by atoms with E-state index in [0.29, 0.717) is 23.5 Å². The fourth-order valence-corrected chi connectivity index (χ4v) is 4.88. The first-order chi connectivity index (χ1) is 18.5. The van der Waals surface area contributed by atoms with Crippen LogP contribution in [0.1, 0.15) is 49.8 Å². The number of ether oxygens (including phenoxy) is 1. The number of carbonyl (C=O) groups is 3. The van der Waals surface area contributed by atoms with Gasteiger partial charge in [-0.3, -0.25) is 9.59 Å². The molecule has 0 fully saturated rings. The molecule has 1 aliphatic heterocycles. The highest BCUT2D eigenvalue weighted by atomic mass is 16.5. The summed E-state index contributed by atoms with van der Waals surface area (Å²) in [6.45, 7) is 7.40. The van der Waals surface area contributed by atoms with E-state index in [1.165, 1.54) is 4.90 Å². The molecule has 8 heteroatoms. The summed E-state index contributed by atoms with van der Waals surface area (Å²) < 4.78 is 5.48. The lowest BCUT2D eigenvalue weighted by molar-refractivity contribution is -0.125. The van der Waals surface area contributed by atoms with Crippen molar-refractivity contribution in [2.75, 3.05) is 23.9 Å². The van der Waals surface area contributed by atoms with Crippen molar-refractivity contribution in [2.45, 2.75) is 51.6 Å². The zero-order valence-corrected chi connectivity index (χ0v) is 23.1. The molecule has 2 unspecified atom stereocenters. The molecule has 0 spiro atoms.